The van der Waals surface area contributed by atoms with Gasteiger partial charge in [0.15, 0.2) is 5.82 Å². The number of nitrogens with zero attached hydrogens (tertiary/aromatic N) is 5. The van der Waals surface area contributed by atoms with Gasteiger partial charge in [-0.1, -0.05) is 31.1 Å². The zero-order valence-electron chi connectivity index (χ0n) is 23.3. The van der Waals surface area contributed by atoms with Crippen molar-refractivity contribution in [2.75, 3.05) is 37.7 Å². The first kappa shape index (κ1) is 26.7. The van der Waals surface area contributed by atoms with Gasteiger partial charge in [-0.15, -0.1) is 0 Å². The number of aromatic nitrogens is 3. The number of benzene rings is 1. The summed E-state index contributed by atoms with van der Waals surface area (Å²) in [6, 6.07) is 9.48. The number of piperidine rings is 1. The second-order valence-electron chi connectivity index (χ2n) is 11.9. The van der Waals surface area contributed by atoms with E-state index in [1.165, 1.54) is 12.5 Å². The predicted octanol–water partition coefficient (Wildman–Crippen LogP) is 5.22. The number of amides is 1. The molecule has 0 radical (unpaired) electrons. The minimum Gasteiger partial charge on any atom is -0.493 e. The highest BCUT2D eigenvalue weighted by Crippen LogP contribution is 2.50. The Morgan fingerprint density at radius 1 is 1.20 bits per heavy atom. The Hall–Kier alpha value is -3.49. The van der Waals surface area contributed by atoms with Gasteiger partial charge in [-0.25, -0.2) is 4.39 Å². The summed E-state index contributed by atoms with van der Waals surface area (Å²) in [6.45, 7) is 7.96. The first-order valence-electron chi connectivity index (χ1n) is 14.6. The Balaban J connectivity index is 0.896. The van der Waals surface area contributed by atoms with E-state index in [0.717, 1.165) is 55.6 Å². The normalized spacial score (nSPS) is 21.5. The zero-order valence-corrected chi connectivity index (χ0v) is 23.3. The number of hydrogen-bond donors (Lipinski definition) is 0. The van der Waals surface area contributed by atoms with Crippen LogP contribution in [0.1, 0.15) is 68.3 Å². The molecule has 2 aromatic heterocycles. The van der Waals surface area contributed by atoms with Crippen LogP contribution < -0.4 is 9.64 Å². The number of likely N-dealkylation sites (tertiary alicyclic amines) is 1. The molecule has 9 heteroatoms. The average molecular weight is 548 g/mol. The van der Waals surface area contributed by atoms with E-state index < -0.39 is 0 Å². The van der Waals surface area contributed by atoms with Crippen LogP contribution in [0.2, 0.25) is 0 Å². The molecular formula is C31H38FN5O3. The van der Waals surface area contributed by atoms with E-state index in [0.29, 0.717) is 48.9 Å². The third-order valence-corrected chi connectivity index (χ3v) is 8.85. The highest BCUT2D eigenvalue weighted by Gasteiger charge is 2.43. The summed E-state index contributed by atoms with van der Waals surface area (Å²) in [5, 5.41) is 4.09. The number of rotatable bonds is 10. The minimum atomic E-state index is -0.381. The fourth-order valence-electron chi connectivity index (χ4n) is 6.16. The SMILES string of the molecule is CC(C)c1noc(N2CCC(C3CC3CCOc3ccc(CC(=O)N4CC(c5cccnc5)C4)c(F)c3)CC2)n1. The maximum Gasteiger partial charge on any atom is 0.324 e. The lowest BCUT2D eigenvalue weighted by atomic mass is 9.90. The van der Waals surface area contributed by atoms with Crippen LogP contribution in [0.25, 0.3) is 0 Å². The topological polar surface area (TPSA) is 84.6 Å². The molecule has 0 spiro atoms. The molecule has 1 amide bonds. The molecule has 2 atom stereocenters. The summed E-state index contributed by atoms with van der Waals surface area (Å²) in [5.74, 6) is 3.62. The van der Waals surface area contributed by atoms with Gasteiger partial charge in [0.25, 0.3) is 0 Å². The maximum absolute atomic E-state index is 14.8. The summed E-state index contributed by atoms with van der Waals surface area (Å²) in [5.41, 5.74) is 1.56. The van der Waals surface area contributed by atoms with Crippen molar-refractivity contribution < 1.29 is 18.4 Å². The lowest BCUT2D eigenvalue weighted by Gasteiger charge is -2.39. The Labute approximate surface area is 234 Å². The lowest BCUT2D eigenvalue weighted by molar-refractivity contribution is -0.134. The van der Waals surface area contributed by atoms with Crippen molar-refractivity contribution >= 4 is 11.9 Å². The summed E-state index contributed by atoms with van der Waals surface area (Å²) >= 11 is 0. The van der Waals surface area contributed by atoms with Gasteiger partial charge in [-0.05, 0) is 66.7 Å². The molecule has 8 nitrogen and oxygen atoms in total. The molecule has 1 saturated carbocycles. The van der Waals surface area contributed by atoms with Crippen LogP contribution >= 0.6 is 0 Å². The largest absolute Gasteiger partial charge is 0.493 e. The molecule has 4 heterocycles. The summed E-state index contributed by atoms with van der Waals surface area (Å²) in [7, 11) is 0. The fourth-order valence-corrected chi connectivity index (χ4v) is 6.16. The van der Waals surface area contributed by atoms with Crippen LogP contribution in [-0.2, 0) is 11.2 Å². The maximum atomic E-state index is 14.8. The Kier molecular flexibility index (Phi) is 7.71. The third-order valence-electron chi connectivity index (χ3n) is 8.85. The van der Waals surface area contributed by atoms with E-state index in [1.807, 2.05) is 18.3 Å². The van der Waals surface area contributed by atoms with Gasteiger partial charge in [0.1, 0.15) is 11.6 Å². The van der Waals surface area contributed by atoms with Crippen LogP contribution in [0.3, 0.4) is 0 Å². The molecule has 3 aromatic rings. The lowest BCUT2D eigenvalue weighted by Crippen LogP contribution is -2.49. The standard InChI is InChI=1S/C31H38FN5O3/c1-20(2)30-34-31(40-35-30)36-11-7-21(8-12-36)27-14-22(27)9-13-39-26-6-5-23(28(32)16-26)15-29(38)37-18-25(19-37)24-4-3-10-33-17-24/h3-6,10,16-17,20-22,25,27H,7-9,11-15,18-19H2,1-2H3. The number of halogens is 1. The summed E-state index contributed by atoms with van der Waals surface area (Å²) in [4.78, 5) is 25.3. The number of pyridine rings is 1. The molecular weight excluding hydrogens is 509 g/mol. The third kappa shape index (κ3) is 5.98. The monoisotopic (exact) mass is 547 g/mol. The van der Waals surface area contributed by atoms with Gasteiger partial charge >= 0.3 is 6.01 Å². The van der Waals surface area contributed by atoms with E-state index in [4.69, 9.17) is 9.26 Å². The van der Waals surface area contributed by atoms with Crippen molar-refractivity contribution in [2.45, 2.75) is 57.8 Å². The molecule has 1 aromatic carbocycles. The molecule has 212 valence electrons. The average Bonchev–Trinajstić information content (AvgIpc) is 3.52. The highest BCUT2D eigenvalue weighted by molar-refractivity contribution is 5.80. The van der Waals surface area contributed by atoms with E-state index in [1.54, 1.807) is 23.2 Å². The molecule has 0 N–H and O–H groups in total. The van der Waals surface area contributed by atoms with Crippen LogP contribution in [0.4, 0.5) is 10.4 Å². The smallest absolute Gasteiger partial charge is 0.324 e. The van der Waals surface area contributed by atoms with Crippen LogP contribution in [-0.4, -0.2) is 58.7 Å². The molecule has 2 saturated heterocycles. The molecule has 0 bridgehead atoms. The second-order valence-corrected chi connectivity index (χ2v) is 11.9. The highest BCUT2D eigenvalue weighted by atomic mass is 19.1. The Morgan fingerprint density at radius 2 is 2.02 bits per heavy atom. The number of ether oxygens (including phenoxy) is 1. The van der Waals surface area contributed by atoms with Crippen molar-refractivity contribution in [3.05, 3.63) is 65.5 Å². The second kappa shape index (κ2) is 11.6. The van der Waals surface area contributed by atoms with E-state index in [9.17, 15) is 9.18 Å². The first-order chi connectivity index (χ1) is 19.4. The number of hydrogen-bond acceptors (Lipinski definition) is 7. The molecule has 2 unspecified atom stereocenters. The van der Waals surface area contributed by atoms with E-state index in [-0.39, 0.29) is 24.1 Å². The predicted molar refractivity (Wildman–Crippen MR) is 149 cm³/mol. The zero-order chi connectivity index (χ0) is 27.6. The van der Waals surface area contributed by atoms with Crippen molar-refractivity contribution in [1.29, 1.82) is 0 Å². The van der Waals surface area contributed by atoms with Gasteiger partial charge in [0.2, 0.25) is 5.91 Å². The molecule has 2 aliphatic heterocycles. The van der Waals surface area contributed by atoms with Crippen LogP contribution in [0.5, 0.6) is 5.75 Å². The molecule has 3 fully saturated rings. The van der Waals surface area contributed by atoms with Gasteiger partial charge in [0.05, 0.1) is 13.0 Å². The van der Waals surface area contributed by atoms with Gasteiger partial charge in [-0.3, -0.25) is 9.78 Å². The van der Waals surface area contributed by atoms with Crippen LogP contribution in [0, 0.1) is 23.6 Å². The van der Waals surface area contributed by atoms with Crippen molar-refractivity contribution in [3.63, 3.8) is 0 Å². The summed E-state index contributed by atoms with van der Waals surface area (Å²) in [6.07, 6.45) is 8.19. The van der Waals surface area contributed by atoms with Crippen molar-refractivity contribution in [2.24, 2.45) is 17.8 Å². The number of carbonyl (C=O) groups excluding carboxylic acids is 1. The fraction of sp³-hybridized carbons (Fsp3) is 0.548. The number of carbonyl (C=O) groups is 1. The molecule has 40 heavy (non-hydrogen) atoms. The van der Waals surface area contributed by atoms with Crippen molar-refractivity contribution in [3.8, 4) is 5.75 Å². The molecule has 6 rings (SSSR count). The van der Waals surface area contributed by atoms with Crippen molar-refractivity contribution in [1.82, 2.24) is 20.0 Å². The molecule has 3 aliphatic rings. The van der Waals surface area contributed by atoms with Gasteiger partial charge in [-0.2, -0.15) is 4.98 Å². The number of anilines is 1. The van der Waals surface area contributed by atoms with Crippen LogP contribution in [0.15, 0.2) is 47.2 Å². The first-order valence-corrected chi connectivity index (χ1v) is 14.6. The van der Waals surface area contributed by atoms with Gasteiger partial charge in [0, 0.05) is 56.5 Å². The quantitative estimate of drug-likeness (QED) is 0.344. The Bertz CT molecular complexity index is 1300. The minimum absolute atomic E-state index is 0.0456. The van der Waals surface area contributed by atoms with E-state index >= 15 is 0 Å². The Morgan fingerprint density at radius 3 is 2.73 bits per heavy atom. The van der Waals surface area contributed by atoms with Gasteiger partial charge < -0.3 is 19.1 Å². The summed E-state index contributed by atoms with van der Waals surface area (Å²) < 4.78 is 26.1. The molecule has 1 aliphatic carbocycles. The van der Waals surface area contributed by atoms with E-state index in [2.05, 4.69) is 33.9 Å².